The molecule has 1 unspecified atom stereocenters. The molecule has 15 heteroatoms. The van der Waals surface area contributed by atoms with E-state index in [4.69, 9.17) is 21.1 Å². The third kappa shape index (κ3) is 7.29. The number of fused-ring (bicyclic) bond motifs is 1. The van der Waals surface area contributed by atoms with E-state index in [0.717, 1.165) is 49.9 Å². The molecule has 1 aliphatic carbocycles. The fourth-order valence-electron chi connectivity index (χ4n) is 8.74. The first-order chi connectivity index (χ1) is 26.7. The van der Waals surface area contributed by atoms with E-state index in [1.54, 1.807) is 42.6 Å². The first kappa shape index (κ1) is 38.7. The highest BCUT2D eigenvalue weighted by molar-refractivity contribution is 6.31. The van der Waals surface area contributed by atoms with Crippen LogP contribution in [-0.4, -0.2) is 102 Å². The highest BCUT2D eigenvalue weighted by Crippen LogP contribution is 2.55. The predicted octanol–water partition coefficient (Wildman–Crippen LogP) is 4.21. The number of carbonyl (C=O) groups excluding carboxylic acids is 5. The number of nitrogens with one attached hydrogen (secondary N) is 2. The number of benzene rings is 2. The number of pyridine rings is 1. The number of nitrogens with zero attached hydrogens (tertiary/aromatic N) is 5. The smallest absolute Gasteiger partial charge is 0.262 e. The molecule has 0 radical (unpaired) electrons. The minimum absolute atomic E-state index is 0.0651. The Morgan fingerprint density at radius 1 is 0.964 bits per heavy atom. The van der Waals surface area contributed by atoms with Crippen LogP contribution in [0.25, 0.3) is 0 Å². The summed E-state index contributed by atoms with van der Waals surface area (Å²) in [5.41, 5.74) is 0.504. The Hall–Kier alpha value is -5.52. The third-order valence-corrected chi connectivity index (χ3v) is 11.7. The van der Waals surface area contributed by atoms with Crippen molar-refractivity contribution in [1.29, 1.82) is 5.26 Å². The number of rotatable bonds is 11. The van der Waals surface area contributed by atoms with E-state index in [2.05, 4.69) is 59.2 Å². The van der Waals surface area contributed by atoms with Crippen molar-refractivity contribution >= 4 is 47.0 Å². The van der Waals surface area contributed by atoms with Crippen LogP contribution < -0.4 is 25.0 Å². The number of imide groups is 2. The minimum Gasteiger partial charge on any atom is -0.494 e. The third-order valence-electron chi connectivity index (χ3n) is 11.4. The number of nitriles is 1. The monoisotopic (exact) mass is 781 g/mol. The van der Waals surface area contributed by atoms with Crippen LogP contribution in [0.1, 0.15) is 83.6 Å². The summed E-state index contributed by atoms with van der Waals surface area (Å²) in [6, 6.07) is 14.3. The summed E-state index contributed by atoms with van der Waals surface area (Å²) in [7, 11) is 0. The molecule has 4 aliphatic rings. The summed E-state index contributed by atoms with van der Waals surface area (Å²) in [5.74, 6) is -0.517. The van der Waals surface area contributed by atoms with Crippen LogP contribution in [0.2, 0.25) is 5.02 Å². The fraction of sp³-hybridized carbons (Fsp3) is 0.439. The molecular weight excluding hydrogens is 738 g/mol. The first-order valence-corrected chi connectivity index (χ1v) is 19.2. The van der Waals surface area contributed by atoms with Gasteiger partial charge in [0.2, 0.25) is 11.8 Å². The molecule has 3 fully saturated rings. The van der Waals surface area contributed by atoms with Gasteiger partial charge in [-0.25, -0.2) is 4.98 Å². The summed E-state index contributed by atoms with van der Waals surface area (Å²) in [5, 5.41) is 14.9. The van der Waals surface area contributed by atoms with E-state index in [1.165, 1.54) is 0 Å². The quantitative estimate of drug-likeness (QED) is 0.211. The van der Waals surface area contributed by atoms with E-state index >= 15 is 0 Å². The number of halogens is 1. The highest BCUT2D eigenvalue weighted by atomic mass is 35.5. The van der Waals surface area contributed by atoms with Crippen LogP contribution in [0.5, 0.6) is 11.5 Å². The molecule has 5 amide bonds. The summed E-state index contributed by atoms with van der Waals surface area (Å²) in [4.78, 5) is 73.5. The number of carbonyl (C=O) groups is 5. The first-order valence-electron chi connectivity index (χ1n) is 18.8. The van der Waals surface area contributed by atoms with Crippen LogP contribution >= 0.6 is 11.6 Å². The van der Waals surface area contributed by atoms with Crippen molar-refractivity contribution in [1.82, 2.24) is 25.4 Å². The summed E-state index contributed by atoms with van der Waals surface area (Å²) in [6.45, 7) is 12.7. The lowest BCUT2D eigenvalue weighted by Gasteiger charge is -2.63. The molecule has 1 atom stereocenters. The second kappa shape index (κ2) is 15.2. The zero-order chi connectivity index (χ0) is 39.9. The molecule has 4 heterocycles. The maximum atomic E-state index is 13.4. The number of amides is 5. The normalized spacial score (nSPS) is 22.8. The molecule has 1 aromatic heterocycles. The van der Waals surface area contributed by atoms with E-state index in [1.807, 2.05) is 12.1 Å². The Balaban J connectivity index is 0.847. The van der Waals surface area contributed by atoms with Gasteiger partial charge in [-0.3, -0.25) is 39.1 Å². The molecule has 7 rings (SSSR count). The number of hydrogen-bond donors (Lipinski definition) is 2. The fourth-order valence-corrected chi connectivity index (χ4v) is 8.95. The van der Waals surface area contributed by atoms with Crippen molar-refractivity contribution in [2.45, 2.75) is 65.1 Å². The Bertz CT molecular complexity index is 2110. The van der Waals surface area contributed by atoms with Crippen molar-refractivity contribution in [3.05, 3.63) is 82.0 Å². The van der Waals surface area contributed by atoms with Gasteiger partial charge in [0.1, 0.15) is 35.5 Å². The molecular formula is C41H44ClN7O7. The number of anilines is 1. The lowest BCUT2D eigenvalue weighted by atomic mass is 9.49. The van der Waals surface area contributed by atoms with Crippen molar-refractivity contribution < 1.29 is 33.4 Å². The van der Waals surface area contributed by atoms with Crippen LogP contribution in [0.3, 0.4) is 0 Å². The Labute approximate surface area is 330 Å². The average Bonchev–Trinajstić information content (AvgIpc) is 3.42. The van der Waals surface area contributed by atoms with Gasteiger partial charge < -0.3 is 19.7 Å². The van der Waals surface area contributed by atoms with Crippen molar-refractivity contribution in [2.24, 2.45) is 10.8 Å². The van der Waals surface area contributed by atoms with E-state index in [-0.39, 0.29) is 52.9 Å². The summed E-state index contributed by atoms with van der Waals surface area (Å²) < 4.78 is 12.3. The molecule has 14 nitrogen and oxygen atoms in total. The standard InChI is InChI=1S/C41H44ClN7O7/c1-40(2)38(41(3,4)39(40)56-27-8-6-24(22-43)30(42)21-27)46-34(51)25-7-12-32(44-23-25)48-17-15-47(16-18-48)14-5-19-55-26-9-10-28-29(20-26)37(54)49(36(28)53)31-11-13-33(50)45-35(31)52/h6-10,12,20-21,23,31,38-39H,5,11,13-19H2,1-4H3,(H,46,51)(H,45,50,52)/t31?,38-,39-. The number of piperidine rings is 1. The van der Waals surface area contributed by atoms with Gasteiger partial charge in [0.15, 0.2) is 0 Å². The molecule has 3 aliphatic heterocycles. The van der Waals surface area contributed by atoms with Gasteiger partial charge in [0.25, 0.3) is 17.7 Å². The highest BCUT2D eigenvalue weighted by Gasteiger charge is 2.64. The van der Waals surface area contributed by atoms with Gasteiger partial charge in [-0.1, -0.05) is 39.3 Å². The zero-order valence-electron chi connectivity index (χ0n) is 31.8. The van der Waals surface area contributed by atoms with Gasteiger partial charge in [-0.05, 0) is 55.3 Å². The van der Waals surface area contributed by atoms with Gasteiger partial charge >= 0.3 is 0 Å². The van der Waals surface area contributed by atoms with Crippen molar-refractivity contribution in [3.8, 4) is 17.6 Å². The van der Waals surface area contributed by atoms with Gasteiger partial charge in [0, 0.05) is 68.3 Å². The summed E-state index contributed by atoms with van der Waals surface area (Å²) in [6.07, 6.45) is 2.33. The molecule has 3 aromatic rings. The van der Waals surface area contributed by atoms with E-state index < -0.39 is 29.7 Å². The number of aromatic nitrogens is 1. The summed E-state index contributed by atoms with van der Waals surface area (Å²) >= 11 is 6.23. The molecule has 2 N–H and O–H groups in total. The lowest BCUT2D eigenvalue weighted by Crippen LogP contribution is -2.74. The second-order valence-corrected chi connectivity index (χ2v) is 16.3. The predicted molar refractivity (Wildman–Crippen MR) is 206 cm³/mol. The zero-order valence-corrected chi connectivity index (χ0v) is 32.5. The lowest BCUT2D eigenvalue weighted by molar-refractivity contribution is -0.164. The molecule has 2 saturated heterocycles. The van der Waals surface area contributed by atoms with Gasteiger partial charge in [0.05, 0.1) is 33.9 Å². The second-order valence-electron chi connectivity index (χ2n) is 15.9. The Morgan fingerprint density at radius 2 is 1.68 bits per heavy atom. The maximum Gasteiger partial charge on any atom is 0.262 e. The van der Waals surface area contributed by atoms with Crippen molar-refractivity contribution in [3.63, 3.8) is 0 Å². The SMILES string of the molecule is CC1(C)[C@H](NC(=O)c2ccc(N3CCN(CCCOc4ccc5c(c4)C(=O)N(C4CCC(=O)NC4=O)C5=O)CC3)nc2)C(C)(C)[C@H]1Oc1ccc(C#N)c(Cl)c1. The van der Waals surface area contributed by atoms with Crippen LogP contribution in [0.4, 0.5) is 5.82 Å². The van der Waals surface area contributed by atoms with E-state index in [9.17, 15) is 29.2 Å². The minimum atomic E-state index is -1.01. The number of hydrogen-bond acceptors (Lipinski definition) is 11. The number of piperazine rings is 1. The van der Waals surface area contributed by atoms with Gasteiger partial charge in [-0.2, -0.15) is 5.26 Å². The largest absolute Gasteiger partial charge is 0.494 e. The van der Waals surface area contributed by atoms with Crippen LogP contribution in [-0.2, 0) is 9.59 Å². The molecule has 1 saturated carbocycles. The van der Waals surface area contributed by atoms with Crippen LogP contribution in [0, 0.1) is 22.2 Å². The molecule has 0 spiro atoms. The molecule has 2 aromatic carbocycles. The maximum absolute atomic E-state index is 13.4. The number of ether oxygens (including phenoxy) is 2. The van der Waals surface area contributed by atoms with Crippen molar-refractivity contribution in [2.75, 3.05) is 44.2 Å². The molecule has 56 heavy (non-hydrogen) atoms. The average molecular weight is 782 g/mol. The van der Waals surface area contributed by atoms with Gasteiger partial charge in [-0.15, -0.1) is 0 Å². The van der Waals surface area contributed by atoms with E-state index in [0.29, 0.717) is 34.3 Å². The topological polar surface area (TPSA) is 174 Å². The van der Waals surface area contributed by atoms with Crippen LogP contribution in [0.15, 0.2) is 54.7 Å². The molecule has 292 valence electrons. The Morgan fingerprint density at radius 3 is 2.34 bits per heavy atom. The molecule has 0 bridgehead atoms. The Kier molecular flexibility index (Phi) is 10.5.